The number of para-hydroxylation sites is 1. The molecule has 2 rings (SSSR count). The van der Waals surface area contributed by atoms with Crippen molar-refractivity contribution in [3.63, 3.8) is 0 Å². The zero-order valence-electron chi connectivity index (χ0n) is 7.60. The molecule has 0 amide bonds. The first-order valence-corrected chi connectivity index (χ1v) is 4.32. The third kappa shape index (κ3) is 1.54. The molecule has 1 heterocycles. The Labute approximate surface area is 81.9 Å². The molecule has 1 aromatic rings. The summed E-state index contributed by atoms with van der Waals surface area (Å²) < 4.78 is 10.4. The van der Waals surface area contributed by atoms with Crippen molar-refractivity contribution in [2.45, 2.75) is 5.79 Å². The van der Waals surface area contributed by atoms with Gasteiger partial charge < -0.3 is 9.47 Å². The van der Waals surface area contributed by atoms with E-state index in [0.717, 1.165) is 0 Å². The van der Waals surface area contributed by atoms with E-state index in [9.17, 15) is 4.79 Å². The molecule has 1 aromatic carbocycles. The van der Waals surface area contributed by atoms with Gasteiger partial charge in [0.15, 0.2) is 0 Å². The summed E-state index contributed by atoms with van der Waals surface area (Å²) in [5.74, 6) is -0.704. The van der Waals surface area contributed by atoms with E-state index < -0.39 is 5.79 Å². The maximum absolute atomic E-state index is 11.3. The molecule has 0 spiro atoms. The lowest BCUT2D eigenvalue weighted by Crippen LogP contribution is -2.29. The number of hydrogen-bond donors (Lipinski definition) is 0. The predicted octanol–water partition coefficient (Wildman–Crippen LogP) is 1.55. The largest absolute Gasteiger partial charge is 0.452 e. The van der Waals surface area contributed by atoms with Crippen LogP contribution < -0.4 is 4.74 Å². The van der Waals surface area contributed by atoms with Gasteiger partial charge in [0.25, 0.3) is 5.79 Å². The van der Waals surface area contributed by atoms with Crippen molar-refractivity contribution >= 4 is 5.78 Å². The van der Waals surface area contributed by atoms with Crippen LogP contribution in [0.25, 0.3) is 0 Å². The highest BCUT2D eigenvalue weighted by atomic mass is 16.8. The molecule has 3 nitrogen and oxygen atoms in total. The average Bonchev–Trinajstić information content (AvgIpc) is 2.99. The molecule has 0 aliphatic carbocycles. The quantitative estimate of drug-likeness (QED) is 0.534. The van der Waals surface area contributed by atoms with Crippen LogP contribution in [0.15, 0.2) is 43.0 Å². The van der Waals surface area contributed by atoms with E-state index in [-0.39, 0.29) is 5.78 Å². The molecule has 1 atom stereocenters. The van der Waals surface area contributed by atoms with Crippen LogP contribution in [0.5, 0.6) is 5.75 Å². The molecule has 0 bridgehead atoms. The summed E-state index contributed by atoms with van der Waals surface area (Å²) in [6.07, 6.45) is 1.22. The Morgan fingerprint density at radius 3 is 2.64 bits per heavy atom. The normalized spacial score (nSPS) is 24.0. The lowest BCUT2D eigenvalue weighted by Gasteiger charge is -2.10. The molecule has 14 heavy (non-hydrogen) atoms. The van der Waals surface area contributed by atoms with E-state index in [1.807, 2.05) is 18.2 Å². The highest BCUT2D eigenvalue weighted by molar-refractivity contribution is 5.97. The third-order valence-electron chi connectivity index (χ3n) is 1.99. The van der Waals surface area contributed by atoms with Crippen molar-refractivity contribution in [2.75, 3.05) is 6.61 Å². The van der Waals surface area contributed by atoms with Gasteiger partial charge >= 0.3 is 0 Å². The third-order valence-corrected chi connectivity index (χ3v) is 1.99. The van der Waals surface area contributed by atoms with Crippen molar-refractivity contribution in [3.05, 3.63) is 43.0 Å². The molecular formula is C11H10O3. The number of carbonyl (C=O) groups excluding carboxylic acids is 1. The second kappa shape index (κ2) is 3.27. The van der Waals surface area contributed by atoms with Gasteiger partial charge in [-0.25, -0.2) is 0 Å². The summed E-state index contributed by atoms with van der Waals surface area (Å²) in [7, 11) is 0. The van der Waals surface area contributed by atoms with Gasteiger partial charge in [-0.15, -0.1) is 0 Å². The molecule has 1 fully saturated rings. The first-order valence-electron chi connectivity index (χ1n) is 4.32. The van der Waals surface area contributed by atoms with Gasteiger partial charge in [-0.05, 0) is 18.2 Å². The van der Waals surface area contributed by atoms with Crippen molar-refractivity contribution in [1.29, 1.82) is 0 Å². The van der Waals surface area contributed by atoms with Gasteiger partial charge in [-0.3, -0.25) is 4.79 Å². The fraction of sp³-hybridized carbons (Fsp3) is 0.182. The zero-order chi connectivity index (χ0) is 10.0. The molecule has 1 aliphatic heterocycles. The van der Waals surface area contributed by atoms with Gasteiger partial charge in [0, 0.05) is 0 Å². The fourth-order valence-corrected chi connectivity index (χ4v) is 1.15. The lowest BCUT2D eigenvalue weighted by molar-refractivity contribution is -0.128. The van der Waals surface area contributed by atoms with E-state index >= 15 is 0 Å². The number of ether oxygens (including phenoxy) is 2. The molecular weight excluding hydrogens is 180 g/mol. The van der Waals surface area contributed by atoms with Crippen LogP contribution >= 0.6 is 0 Å². The number of epoxide rings is 1. The first kappa shape index (κ1) is 8.97. The van der Waals surface area contributed by atoms with Crippen LogP contribution in [0.2, 0.25) is 0 Å². The van der Waals surface area contributed by atoms with Crippen LogP contribution in [0.3, 0.4) is 0 Å². The Balaban J connectivity index is 2.12. The Hall–Kier alpha value is -1.61. The molecule has 0 N–H and O–H groups in total. The monoisotopic (exact) mass is 190 g/mol. The minimum absolute atomic E-state index is 0.235. The Bertz CT molecular complexity index is 352. The number of rotatable bonds is 4. The predicted molar refractivity (Wildman–Crippen MR) is 51.0 cm³/mol. The van der Waals surface area contributed by atoms with Gasteiger partial charge in [-0.1, -0.05) is 24.8 Å². The average molecular weight is 190 g/mol. The van der Waals surface area contributed by atoms with E-state index in [0.29, 0.717) is 12.4 Å². The van der Waals surface area contributed by atoms with Crippen molar-refractivity contribution in [1.82, 2.24) is 0 Å². The molecule has 0 radical (unpaired) electrons. The summed E-state index contributed by atoms with van der Waals surface area (Å²) in [5.41, 5.74) is 0. The van der Waals surface area contributed by atoms with Crippen molar-refractivity contribution in [2.24, 2.45) is 0 Å². The van der Waals surface area contributed by atoms with Crippen molar-refractivity contribution in [3.8, 4) is 5.75 Å². The molecule has 0 aromatic heterocycles. The first-order chi connectivity index (χ1) is 6.77. The maximum atomic E-state index is 11.3. The van der Waals surface area contributed by atoms with E-state index in [1.165, 1.54) is 6.08 Å². The molecule has 1 unspecified atom stereocenters. The molecule has 0 saturated carbocycles. The van der Waals surface area contributed by atoms with Crippen LogP contribution in [0, 0.1) is 0 Å². The number of benzene rings is 1. The highest BCUT2D eigenvalue weighted by Gasteiger charge is 2.54. The van der Waals surface area contributed by atoms with E-state index in [4.69, 9.17) is 9.47 Å². The zero-order valence-corrected chi connectivity index (χ0v) is 7.60. The molecule has 1 aliphatic rings. The second-order valence-corrected chi connectivity index (χ2v) is 3.03. The lowest BCUT2D eigenvalue weighted by atomic mass is 10.2. The molecule has 72 valence electrons. The minimum Gasteiger partial charge on any atom is -0.452 e. The Morgan fingerprint density at radius 1 is 1.50 bits per heavy atom. The van der Waals surface area contributed by atoms with Crippen LogP contribution in [0.1, 0.15) is 0 Å². The van der Waals surface area contributed by atoms with Gasteiger partial charge in [0.05, 0.1) is 0 Å². The summed E-state index contributed by atoms with van der Waals surface area (Å²) >= 11 is 0. The molecule has 3 heteroatoms. The van der Waals surface area contributed by atoms with Crippen LogP contribution in [-0.4, -0.2) is 18.2 Å². The summed E-state index contributed by atoms with van der Waals surface area (Å²) in [6.45, 7) is 3.70. The summed E-state index contributed by atoms with van der Waals surface area (Å²) in [4.78, 5) is 11.3. The number of ketones is 1. The van der Waals surface area contributed by atoms with Crippen LogP contribution in [0.4, 0.5) is 0 Å². The summed E-state index contributed by atoms with van der Waals surface area (Å²) in [5, 5.41) is 0. The standard InChI is InChI=1S/C11H10O3/c1-2-10(12)11(8-13-11)14-9-6-4-3-5-7-9/h2-7H,1,8H2. The second-order valence-electron chi connectivity index (χ2n) is 3.03. The number of hydrogen-bond acceptors (Lipinski definition) is 3. The number of carbonyl (C=O) groups is 1. The van der Waals surface area contributed by atoms with E-state index in [1.54, 1.807) is 12.1 Å². The van der Waals surface area contributed by atoms with Crippen molar-refractivity contribution < 1.29 is 14.3 Å². The summed E-state index contributed by atoms with van der Waals surface area (Å²) in [6, 6.07) is 9.11. The topological polar surface area (TPSA) is 38.8 Å². The minimum atomic E-state index is -1.09. The highest BCUT2D eigenvalue weighted by Crippen LogP contribution is 2.31. The Morgan fingerprint density at radius 2 is 2.14 bits per heavy atom. The Kier molecular flexibility index (Phi) is 2.09. The van der Waals surface area contributed by atoms with Crippen LogP contribution in [-0.2, 0) is 9.53 Å². The van der Waals surface area contributed by atoms with Gasteiger partial charge in [0.2, 0.25) is 5.78 Å². The van der Waals surface area contributed by atoms with Gasteiger partial charge in [0.1, 0.15) is 12.4 Å². The smallest absolute Gasteiger partial charge is 0.298 e. The SMILES string of the molecule is C=CC(=O)C1(Oc2ccccc2)CO1. The van der Waals surface area contributed by atoms with E-state index in [2.05, 4.69) is 6.58 Å². The maximum Gasteiger partial charge on any atom is 0.298 e. The fourth-order valence-electron chi connectivity index (χ4n) is 1.15. The molecule has 1 saturated heterocycles. The van der Waals surface area contributed by atoms with Gasteiger partial charge in [-0.2, -0.15) is 0 Å².